The first kappa shape index (κ1) is 9.58. The fourth-order valence-electron chi connectivity index (χ4n) is 1.18. The molecule has 0 amide bonds. The summed E-state index contributed by atoms with van der Waals surface area (Å²) in [6.07, 6.45) is 0. The van der Waals surface area contributed by atoms with E-state index in [1.54, 1.807) is 6.92 Å². The number of nitrogens with zero attached hydrogens (tertiary/aromatic N) is 1. The van der Waals surface area contributed by atoms with E-state index < -0.39 is 5.54 Å². The number of aliphatic hydroxyl groups excluding tert-OH is 1. The number of para-hydroxylation sites is 1. The first-order valence-corrected chi connectivity index (χ1v) is 5.21. The van der Waals surface area contributed by atoms with Gasteiger partial charge in [0.05, 0.1) is 22.4 Å². The Kier molecular flexibility index (Phi) is 2.26. The topological polar surface area (TPSA) is 59.1 Å². The van der Waals surface area contributed by atoms with Gasteiger partial charge >= 0.3 is 0 Å². The van der Waals surface area contributed by atoms with Crippen LogP contribution in [0.4, 0.5) is 0 Å². The van der Waals surface area contributed by atoms with Crippen LogP contribution in [0.2, 0.25) is 0 Å². The molecule has 1 aromatic heterocycles. The first-order valence-electron chi connectivity index (χ1n) is 4.39. The van der Waals surface area contributed by atoms with Gasteiger partial charge in [0.15, 0.2) is 0 Å². The molecule has 1 aromatic carbocycles. The van der Waals surface area contributed by atoms with Crippen molar-refractivity contribution in [1.29, 1.82) is 0 Å². The molecule has 74 valence electrons. The summed E-state index contributed by atoms with van der Waals surface area (Å²) in [6.45, 7) is 1.69. The van der Waals surface area contributed by atoms with Crippen molar-refractivity contribution in [2.45, 2.75) is 12.5 Å². The van der Waals surface area contributed by atoms with Crippen LogP contribution in [-0.4, -0.2) is 16.7 Å². The molecule has 3 N–H and O–H groups in total. The maximum atomic E-state index is 9.11. The molecule has 1 atom stereocenters. The van der Waals surface area contributed by atoms with E-state index in [0.29, 0.717) is 0 Å². The van der Waals surface area contributed by atoms with Crippen LogP contribution in [0.1, 0.15) is 11.9 Å². The molecule has 0 fully saturated rings. The molecule has 0 saturated heterocycles. The summed E-state index contributed by atoms with van der Waals surface area (Å²) in [5.41, 5.74) is 6.11. The Labute approximate surface area is 86.2 Å². The van der Waals surface area contributed by atoms with Crippen LogP contribution < -0.4 is 5.73 Å². The maximum absolute atomic E-state index is 9.11. The van der Waals surface area contributed by atoms with Gasteiger partial charge in [-0.15, -0.1) is 11.3 Å². The Morgan fingerprint density at radius 2 is 2.21 bits per heavy atom. The Morgan fingerprint density at radius 3 is 2.86 bits per heavy atom. The van der Waals surface area contributed by atoms with Crippen LogP contribution in [0.5, 0.6) is 0 Å². The third-order valence-electron chi connectivity index (χ3n) is 2.11. The first-order chi connectivity index (χ1) is 6.63. The second kappa shape index (κ2) is 3.31. The summed E-state index contributed by atoms with van der Waals surface area (Å²) in [7, 11) is 0. The van der Waals surface area contributed by atoms with E-state index >= 15 is 0 Å². The average molecular weight is 208 g/mol. The van der Waals surface area contributed by atoms with Gasteiger partial charge in [0.1, 0.15) is 5.01 Å². The summed E-state index contributed by atoms with van der Waals surface area (Å²) in [5.74, 6) is 0. The molecule has 0 aliphatic heterocycles. The summed E-state index contributed by atoms with van der Waals surface area (Å²) in [4.78, 5) is 4.39. The zero-order valence-electron chi connectivity index (χ0n) is 7.90. The molecule has 2 aromatic rings. The van der Waals surface area contributed by atoms with Crippen LogP contribution in [0.25, 0.3) is 10.2 Å². The zero-order valence-corrected chi connectivity index (χ0v) is 8.71. The molecule has 0 spiro atoms. The summed E-state index contributed by atoms with van der Waals surface area (Å²) >= 11 is 1.53. The third-order valence-corrected chi connectivity index (χ3v) is 3.43. The summed E-state index contributed by atoms with van der Waals surface area (Å²) < 4.78 is 1.10. The van der Waals surface area contributed by atoms with E-state index in [-0.39, 0.29) is 6.61 Å². The molecule has 1 heterocycles. The monoisotopic (exact) mass is 208 g/mol. The van der Waals surface area contributed by atoms with Gasteiger partial charge in [-0.05, 0) is 19.1 Å². The van der Waals surface area contributed by atoms with Crippen LogP contribution in [0.3, 0.4) is 0 Å². The van der Waals surface area contributed by atoms with Crippen LogP contribution >= 0.6 is 11.3 Å². The molecule has 0 radical (unpaired) electrons. The van der Waals surface area contributed by atoms with E-state index in [1.165, 1.54) is 11.3 Å². The van der Waals surface area contributed by atoms with E-state index in [2.05, 4.69) is 4.98 Å². The lowest BCUT2D eigenvalue weighted by Crippen LogP contribution is -2.36. The van der Waals surface area contributed by atoms with Gasteiger partial charge in [0, 0.05) is 0 Å². The molecule has 0 saturated carbocycles. The van der Waals surface area contributed by atoms with Crippen molar-refractivity contribution >= 4 is 21.6 Å². The van der Waals surface area contributed by atoms with Gasteiger partial charge in [-0.3, -0.25) is 0 Å². The number of nitrogens with two attached hydrogens (primary N) is 1. The molecule has 2 rings (SSSR count). The van der Waals surface area contributed by atoms with Gasteiger partial charge in [-0.2, -0.15) is 0 Å². The van der Waals surface area contributed by atoms with E-state index in [0.717, 1.165) is 15.2 Å². The second-order valence-electron chi connectivity index (χ2n) is 3.56. The molecule has 0 bridgehead atoms. The highest BCUT2D eigenvalue weighted by Crippen LogP contribution is 2.27. The molecule has 1 unspecified atom stereocenters. The highest BCUT2D eigenvalue weighted by atomic mass is 32.1. The smallest absolute Gasteiger partial charge is 0.116 e. The number of aliphatic hydroxyl groups is 1. The minimum absolute atomic E-state index is 0.0905. The predicted octanol–water partition coefficient (Wildman–Crippen LogP) is 1.46. The van der Waals surface area contributed by atoms with E-state index in [9.17, 15) is 0 Å². The molecular formula is C10H12N2OS. The lowest BCUT2D eigenvalue weighted by molar-refractivity contribution is 0.210. The zero-order chi connectivity index (χ0) is 10.2. The molecular weight excluding hydrogens is 196 g/mol. The number of hydrogen-bond acceptors (Lipinski definition) is 4. The normalized spacial score (nSPS) is 15.6. The maximum Gasteiger partial charge on any atom is 0.116 e. The molecule has 14 heavy (non-hydrogen) atoms. The van der Waals surface area contributed by atoms with Crippen LogP contribution in [0, 0.1) is 0 Å². The minimum atomic E-state index is -0.732. The number of benzene rings is 1. The summed E-state index contributed by atoms with van der Waals surface area (Å²) in [6, 6.07) is 7.86. The summed E-state index contributed by atoms with van der Waals surface area (Å²) in [5, 5.41) is 9.89. The van der Waals surface area contributed by atoms with Gasteiger partial charge < -0.3 is 10.8 Å². The molecule has 0 aliphatic carbocycles. The van der Waals surface area contributed by atoms with E-state index in [1.807, 2.05) is 24.3 Å². The van der Waals surface area contributed by atoms with Gasteiger partial charge in [0.25, 0.3) is 0 Å². The SMILES string of the molecule is CC(N)(CO)c1nc2ccccc2s1. The van der Waals surface area contributed by atoms with Crippen LogP contribution in [-0.2, 0) is 5.54 Å². The highest BCUT2D eigenvalue weighted by molar-refractivity contribution is 7.18. The van der Waals surface area contributed by atoms with Crippen molar-refractivity contribution in [3.8, 4) is 0 Å². The van der Waals surface area contributed by atoms with Crippen molar-refractivity contribution in [2.75, 3.05) is 6.61 Å². The van der Waals surface area contributed by atoms with Gasteiger partial charge in [0.2, 0.25) is 0 Å². The number of aromatic nitrogens is 1. The van der Waals surface area contributed by atoms with Crippen molar-refractivity contribution in [2.24, 2.45) is 5.73 Å². The van der Waals surface area contributed by atoms with Gasteiger partial charge in [-0.25, -0.2) is 4.98 Å². The Hall–Kier alpha value is -0.970. The quantitative estimate of drug-likeness (QED) is 0.785. The molecule has 0 aliphatic rings. The molecule has 3 nitrogen and oxygen atoms in total. The number of thiazole rings is 1. The Bertz CT molecular complexity index is 417. The Balaban J connectivity index is 2.55. The largest absolute Gasteiger partial charge is 0.394 e. The Morgan fingerprint density at radius 1 is 1.50 bits per heavy atom. The van der Waals surface area contributed by atoms with E-state index in [4.69, 9.17) is 10.8 Å². The lowest BCUT2D eigenvalue weighted by atomic mass is 10.1. The van der Waals surface area contributed by atoms with Crippen molar-refractivity contribution in [3.63, 3.8) is 0 Å². The van der Waals surface area contributed by atoms with Gasteiger partial charge in [-0.1, -0.05) is 12.1 Å². The second-order valence-corrected chi connectivity index (χ2v) is 4.59. The van der Waals surface area contributed by atoms with Crippen molar-refractivity contribution in [1.82, 2.24) is 4.98 Å². The fourth-order valence-corrected chi connectivity index (χ4v) is 2.20. The fraction of sp³-hybridized carbons (Fsp3) is 0.300. The van der Waals surface area contributed by atoms with Crippen molar-refractivity contribution in [3.05, 3.63) is 29.3 Å². The minimum Gasteiger partial charge on any atom is -0.394 e. The predicted molar refractivity (Wildman–Crippen MR) is 58.2 cm³/mol. The highest BCUT2D eigenvalue weighted by Gasteiger charge is 2.24. The number of rotatable bonds is 2. The number of hydrogen-bond donors (Lipinski definition) is 2. The van der Waals surface area contributed by atoms with Crippen LogP contribution in [0.15, 0.2) is 24.3 Å². The standard InChI is InChI=1S/C10H12N2OS/c1-10(11,6-13)9-12-7-4-2-3-5-8(7)14-9/h2-5,13H,6,11H2,1H3. The average Bonchev–Trinajstić information content (AvgIpc) is 2.61. The lowest BCUT2D eigenvalue weighted by Gasteiger charge is -2.17. The number of fused-ring (bicyclic) bond motifs is 1. The third kappa shape index (κ3) is 1.52. The van der Waals surface area contributed by atoms with Crippen molar-refractivity contribution < 1.29 is 5.11 Å². The molecule has 4 heteroatoms.